The van der Waals surface area contributed by atoms with E-state index in [1.54, 1.807) is 7.11 Å². The summed E-state index contributed by atoms with van der Waals surface area (Å²) in [4.78, 5) is 2.46. The van der Waals surface area contributed by atoms with E-state index in [2.05, 4.69) is 48.6 Å². The third-order valence-corrected chi connectivity index (χ3v) is 5.69. The molecule has 0 saturated carbocycles. The molecule has 0 aliphatic carbocycles. The van der Waals surface area contributed by atoms with Crippen LogP contribution >= 0.6 is 0 Å². The Kier molecular flexibility index (Phi) is 5.07. The molecular formula is C17H30BN3O3. The summed E-state index contributed by atoms with van der Waals surface area (Å²) in [6.45, 7) is 12.3. The van der Waals surface area contributed by atoms with Gasteiger partial charge >= 0.3 is 7.12 Å². The fourth-order valence-electron chi connectivity index (χ4n) is 3.28. The number of nitrogens with zero attached hydrogens (tertiary/aromatic N) is 3. The maximum atomic E-state index is 6.11. The van der Waals surface area contributed by atoms with Gasteiger partial charge in [0.15, 0.2) is 0 Å². The van der Waals surface area contributed by atoms with Gasteiger partial charge in [0.25, 0.3) is 0 Å². The molecule has 0 unspecified atom stereocenters. The van der Waals surface area contributed by atoms with Crippen molar-refractivity contribution in [1.82, 2.24) is 14.7 Å². The first-order chi connectivity index (χ1) is 11.3. The first-order valence-electron chi connectivity index (χ1n) is 8.93. The third-order valence-electron chi connectivity index (χ3n) is 5.69. The maximum Gasteiger partial charge on any atom is 0.498 e. The molecule has 1 aromatic heterocycles. The van der Waals surface area contributed by atoms with Crippen LogP contribution in [0.5, 0.6) is 0 Å². The number of ether oxygens (including phenoxy) is 1. The zero-order valence-corrected chi connectivity index (χ0v) is 15.6. The van der Waals surface area contributed by atoms with E-state index in [1.165, 1.54) is 0 Å². The van der Waals surface area contributed by atoms with Crippen molar-refractivity contribution in [3.63, 3.8) is 0 Å². The summed E-state index contributed by atoms with van der Waals surface area (Å²) in [5.41, 5.74) is 0.384. The first kappa shape index (κ1) is 17.9. The van der Waals surface area contributed by atoms with Gasteiger partial charge in [-0.25, -0.2) is 0 Å². The van der Waals surface area contributed by atoms with E-state index in [9.17, 15) is 0 Å². The fraction of sp³-hybridized carbons (Fsp3) is 0.824. The third kappa shape index (κ3) is 3.54. The van der Waals surface area contributed by atoms with Crippen LogP contribution in [0.1, 0.15) is 46.6 Å². The van der Waals surface area contributed by atoms with E-state index < -0.39 is 0 Å². The topological polar surface area (TPSA) is 48.8 Å². The molecule has 1 aromatic rings. The molecule has 0 atom stereocenters. The molecule has 2 aliphatic heterocycles. The molecule has 3 rings (SSSR count). The second-order valence-corrected chi connectivity index (χ2v) is 7.91. The summed E-state index contributed by atoms with van der Waals surface area (Å²) in [6, 6.07) is 0.458. The van der Waals surface area contributed by atoms with Crippen LogP contribution in [0, 0.1) is 0 Å². The van der Waals surface area contributed by atoms with Crippen molar-refractivity contribution in [3.05, 3.63) is 12.4 Å². The molecule has 0 spiro atoms. The van der Waals surface area contributed by atoms with Crippen LogP contribution in [0.25, 0.3) is 0 Å². The maximum absolute atomic E-state index is 6.11. The number of hydrogen-bond donors (Lipinski definition) is 0. The molecule has 2 aliphatic rings. The second-order valence-electron chi connectivity index (χ2n) is 7.91. The molecule has 7 heteroatoms. The van der Waals surface area contributed by atoms with Gasteiger partial charge in [-0.3, -0.25) is 4.68 Å². The Balaban J connectivity index is 1.59. The van der Waals surface area contributed by atoms with Crippen molar-refractivity contribution in [2.45, 2.75) is 57.8 Å². The highest BCUT2D eigenvalue weighted by Crippen LogP contribution is 2.36. The Morgan fingerprint density at radius 3 is 2.42 bits per heavy atom. The molecule has 6 nitrogen and oxygen atoms in total. The highest BCUT2D eigenvalue weighted by molar-refractivity contribution is 6.61. The highest BCUT2D eigenvalue weighted by Gasteiger charge is 2.52. The predicted molar refractivity (Wildman–Crippen MR) is 94.5 cm³/mol. The lowest BCUT2D eigenvalue weighted by Crippen LogP contribution is -2.41. The minimum Gasteiger partial charge on any atom is -0.399 e. The van der Waals surface area contributed by atoms with Gasteiger partial charge in [-0.1, -0.05) is 0 Å². The standard InChI is InChI=1S/C17H30BN3O3/c1-16(2)17(3,4)24-18(23-16)14-12-19-21(13-14)15-6-8-20(9-7-15)10-11-22-5/h12-13,15H,6-11H2,1-5H3. The molecule has 2 saturated heterocycles. The Morgan fingerprint density at radius 2 is 1.83 bits per heavy atom. The number of rotatable bonds is 5. The Morgan fingerprint density at radius 1 is 1.21 bits per heavy atom. The summed E-state index contributed by atoms with van der Waals surface area (Å²) in [6.07, 6.45) is 6.22. The van der Waals surface area contributed by atoms with Gasteiger partial charge in [-0.15, -0.1) is 0 Å². The summed E-state index contributed by atoms with van der Waals surface area (Å²) in [5, 5.41) is 4.58. The lowest BCUT2D eigenvalue weighted by molar-refractivity contribution is 0.00578. The minimum atomic E-state index is -0.328. The summed E-state index contributed by atoms with van der Waals surface area (Å²) in [5.74, 6) is 0. The molecule has 0 radical (unpaired) electrons. The van der Waals surface area contributed by atoms with E-state index in [1.807, 2.05) is 6.20 Å². The number of methoxy groups -OCH3 is 1. The number of piperidine rings is 1. The van der Waals surface area contributed by atoms with Gasteiger partial charge < -0.3 is 18.9 Å². The highest BCUT2D eigenvalue weighted by atomic mass is 16.7. The Hall–Kier alpha value is -0.885. The van der Waals surface area contributed by atoms with Crippen molar-refractivity contribution >= 4 is 12.6 Å². The van der Waals surface area contributed by atoms with Crippen molar-refractivity contribution in [1.29, 1.82) is 0 Å². The molecule has 3 heterocycles. The largest absolute Gasteiger partial charge is 0.498 e. The average molecular weight is 335 g/mol. The fourth-order valence-corrected chi connectivity index (χ4v) is 3.28. The SMILES string of the molecule is COCCN1CCC(n2cc(B3OC(C)(C)C(C)(C)O3)cn2)CC1. The van der Waals surface area contributed by atoms with Crippen molar-refractivity contribution in [2.24, 2.45) is 0 Å². The van der Waals surface area contributed by atoms with Crippen LogP contribution in [0.2, 0.25) is 0 Å². The molecule has 134 valence electrons. The summed E-state index contributed by atoms with van der Waals surface area (Å²) < 4.78 is 19.5. The van der Waals surface area contributed by atoms with Gasteiger partial charge in [-0.05, 0) is 40.5 Å². The molecule has 0 N–H and O–H groups in total. The van der Waals surface area contributed by atoms with Gasteiger partial charge in [0.05, 0.1) is 23.9 Å². The van der Waals surface area contributed by atoms with Gasteiger partial charge in [0.2, 0.25) is 0 Å². The monoisotopic (exact) mass is 335 g/mol. The lowest BCUT2D eigenvalue weighted by Gasteiger charge is -2.32. The van der Waals surface area contributed by atoms with Gasteiger partial charge in [-0.2, -0.15) is 5.10 Å². The zero-order valence-electron chi connectivity index (χ0n) is 15.6. The Labute approximate surface area is 145 Å². The molecule has 24 heavy (non-hydrogen) atoms. The van der Waals surface area contributed by atoms with E-state index in [0.29, 0.717) is 6.04 Å². The summed E-state index contributed by atoms with van der Waals surface area (Å²) in [7, 11) is 1.43. The first-order valence-corrected chi connectivity index (χ1v) is 8.93. The van der Waals surface area contributed by atoms with Crippen LogP contribution < -0.4 is 5.46 Å². The van der Waals surface area contributed by atoms with E-state index >= 15 is 0 Å². The molecule has 2 fully saturated rings. The van der Waals surface area contributed by atoms with Crippen LogP contribution in [-0.4, -0.2) is 66.4 Å². The average Bonchev–Trinajstić information content (AvgIpc) is 3.09. The van der Waals surface area contributed by atoms with E-state index in [-0.39, 0.29) is 18.3 Å². The smallest absolute Gasteiger partial charge is 0.399 e. The molecule has 0 aromatic carbocycles. The second kappa shape index (κ2) is 6.79. The summed E-state index contributed by atoms with van der Waals surface area (Å²) >= 11 is 0. The normalized spacial score (nSPS) is 24.6. The lowest BCUT2D eigenvalue weighted by atomic mass is 9.82. The predicted octanol–water partition coefficient (Wildman–Crippen LogP) is 1.47. The van der Waals surface area contributed by atoms with E-state index in [4.69, 9.17) is 14.0 Å². The van der Waals surface area contributed by atoms with Gasteiger partial charge in [0, 0.05) is 44.6 Å². The zero-order chi connectivity index (χ0) is 17.4. The quantitative estimate of drug-likeness (QED) is 0.763. The molecular weight excluding hydrogens is 305 g/mol. The molecule has 0 amide bonds. The van der Waals surface area contributed by atoms with Crippen LogP contribution in [0.4, 0.5) is 0 Å². The molecule has 0 bridgehead atoms. The van der Waals surface area contributed by atoms with E-state index in [0.717, 1.165) is 44.5 Å². The van der Waals surface area contributed by atoms with Crippen molar-refractivity contribution < 1.29 is 14.0 Å². The number of aromatic nitrogens is 2. The van der Waals surface area contributed by atoms with Crippen LogP contribution in [-0.2, 0) is 14.0 Å². The van der Waals surface area contributed by atoms with Gasteiger partial charge in [0.1, 0.15) is 0 Å². The minimum absolute atomic E-state index is 0.313. The van der Waals surface area contributed by atoms with Crippen molar-refractivity contribution in [2.75, 3.05) is 33.4 Å². The number of hydrogen-bond acceptors (Lipinski definition) is 5. The Bertz CT molecular complexity index is 537. The van der Waals surface area contributed by atoms with Crippen LogP contribution in [0.15, 0.2) is 12.4 Å². The number of likely N-dealkylation sites (tertiary alicyclic amines) is 1. The van der Waals surface area contributed by atoms with Crippen molar-refractivity contribution in [3.8, 4) is 0 Å². The van der Waals surface area contributed by atoms with Crippen LogP contribution in [0.3, 0.4) is 0 Å².